The predicted octanol–water partition coefficient (Wildman–Crippen LogP) is 1.24. The van der Waals surface area contributed by atoms with Crippen LogP contribution in [0, 0.1) is 6.92 Å². The van der Waals surface area contributed by atoms with Gasteiger partial charge in [0.1, 0.15) is 6.10 Å². The van der Waals surface area contributed by atoms with E-state index in [-0.39, 0.29) is 18.3 Å². The maximum atomic E-state index is 12.4. The first-order chi connectivity index (χ1) is 9.51. The molecule has 1 saturated heterocycles. The molecule has 1 amide bonds. The largest absolute Gasteiger partial charge is 0.409 e. The maximum Gasteiger partial charge on any atom is 0.254 e. The maximum absolute atomic E-state index is 12.4. The lowest BCUT2D eigenvalue weighted by molar-refractivity contribution is 0.00675. The number of carbonyl (C=O) groups excluding carboxylic acids is 1. The summed E-state index contributed by atoms with van der Waals surface area (Å²) in [6, 6.07) is 5.20. The Bertz CT molecular complexity index is 527. The summed E-state index contributed by atoms with van der Waals surface area (Å²) in [7, 11) is 0. The second-order valence-electron chi connectivity index (χ2n) is 4.65. The molecule has 3 N–H and O–H groups in total. The van der Waals surface area contributed by atoms with E-state index in [2.05, 4.69) is 5.16 Å². The van der Waals surface area contributed by atoms with E-state index >= 15 is 0 Å². The van der Waals surface area contributed by atoms with Gasteiger partial charge in [0.2, 0.25) is 0 Å². The van der Waals surface area contributed by atoms with Gasteiger partial charge in [-0.2, -0.15) is 0 Å². The zero-order chi connectivity index (χ0) is 14.7. The molecule has 0 aliphatic carbocycles. The highest BCUT2D eigenvalue weighted by molar-refractivity contribution is 6.31. The molecule has 1 aromatic carbocycles. The number of hydrogen-bond donors (Lipinski definition) is 2. The molecule has 1 atom stereocenters. The van der Waals surface area contributed by atoms with Crippen molar-refractivity contribution < 1.29 is 14.7 Å². The number of hydrogen-bond acceptors (Lipinski definition) is 4. The molecular formula is C13H16ClN3O3. The number of ether oxygens (including phenoxy) is 1. The quantitative estimate of drug-likeness (QED) is 0.372. The Kier molecular flexibility index (Phi) is 4.46. The van der Waals surface area contributed by atoms with E-state index in [1.165, 1.54) is 0 Å². The van der Waals surface area contributed by atoms with Crippen LogP contribution in [0.1, 0.15) is 15.9 Å². The predicted molar refractivity (Wildman–Crippen MR) is 75.2 cm³/mol. The van der Waals surface area contributed by atoms with Crippen molar-refractivity contribution in [2.24, 2.45) is 10.9 Å². The zero-order valence-electron chi connectivity index (χ0n) is 11.0. The summed E-state index contributed by atoms with van der Waals surface area (Å²) in [6.07, 6.45) is -0.585. The molecule has 108 valence electrons. The molecule has 1 heterocycles. The fraction of sp³-hybridized carbons (Fsp3) is 0.385. The molecule has 7 heteroatoms. The van der Waals surface area contributed by atoms with Crippen LogP contribution >= 0.6 is 11.6 Å². The Labute approximate surface area is 121 Å². The van der Waals surface area contributed by atoms with Crippen LogP contribution in [0.5, 0.6) is 0 Å². The number of nitrogens with two attached hydrogens (primary N) is 1. The first kappa shape index (κ1) is 14.6. The van der Waals surface area contributed by atoms with Gasteiger partial charge >= 0.3 is 0 Å². The highest BCUT2D eigenvalue weighted by atomic mass is 35.5. The molecule has 2 rings (SSSR count). The number of benzene rings is 1. The van der Waals surface area contributed by atoms with Crippen LogP contribution in [0.25, 0.3) is 0 Å². The number of carbonyl (C=O) groups is 1. The minimum absolute atomic E-state index is 0.0372. The summed E-state index contributed by atoms with van der Waals surface area (Å²) in [4.78, 5) is 14.0. The van der Waals surface area contributed by atoms with Crippen molar-refractivity contribution in [1.82, 2.24) is 4.90 Å². The average molecular weight is 298 g/mol. The average Bonchev–Trinajstić information content (AvgIpc) is 2.44. The topological polar surface area (TPSA) is 88.2 Å². The highest BCUT2D eigenvalue weighted by Gasteiger charge is 2.27. The number of oxime groups is 1. The zero-order valence-corrected chi connectivity index (χ0v) is 11.8. The molecule has 1 aromatic rings. The summed E-state index contributed by atoms with van der Waals surface area (Å²) in [5.41, 5.74) is 6.95. The molecule has 0 saturated carbocycles. The first-order valence-electron chi connectivity index (χ1n) is 6.16. The molecule has 0 aromatic heterocycles. The molecular weight excluding hydrogens is 282 g/mol. The standard InChI is InChI=1S/C13H16ClN3O3/c1-8-4-9(6-10(14)5-8)13(18)17-2-3-20-11(7-17)12(15)16-19/h4-6,11,19H,2-3,7H2,1H3,(H2,15,16). The van der Waals surface area contributed by atoms with E-state index in [0.29, 0.717) is 23.7 Å². The summed E-state index contributed by atoms with van der Waals surface area (Å²) < 4.78 is 5.36. The lowest BCUT2D eigenvalue weighted by Gasteiger charge is -2.32. The van der Waals surface area contributed by atoms with Crippen molar-refractivity contribution in [1.29, 1.82) is 0 Å². The summed E-state index contributed by atoms with van der Waals surface area (Å²) >= 11 is 5.97. The molecule has 1 aliphatic heterocycles. The van der Waals surface area contributed by atoms with Gasteiger partial charge in [0, 0.05) is 17.1 Å². The Morgan fingerprint density at radius 3 is 2.95 bits per heavy atom. The molecule has 0 radical (unpaired) electrons. The second-order valence-corrected chi connectivity index (χ2v) is 5.09. The molecule has 20 heavy (non-hydrogen) atoms. The van der Waals surface area contributed by atoms with E-state index in [1.54, 1.807) is 23.1 Å². The van der Waals surface area contributed by atoms with Crippen LogP contribution in [0.4, 0.5) is 0 Å². The molecule has 6 nitrogen and oxygen atoms in total. The van der Waals surface area contributed by atoms with Gasteiger partial charge in [0.15, 0.2) is 5.84 Å². The van der Waals surface area contributed by atoms with Gasteiger partial charge in [-0.25, -0.2) is 0 Å². The van der Waals surface area contributed by atoms with E-state index < -0.39 is 6.10 Å². The lowest BCUT2D eigenvalue weighted by atomic mass is 10.1. The van der Waals surface area contributed by atoms with Crippen molar-refractivity contribution in [3.8, 4) is 0 Å². The number of rotatable bonds is 2. The van der Waals surface area contributed by atoms with Crippen LogP contribution in [-0.4, -0.2) is 47.7 Å². The van der Waals surface area contributed by atoms with Gasteiger partial charge in [-0.05, 0) is 30.7 Å². The molecule has 1 fully saturated rings. The Morgan fingerprint density at radius 1 is 1.55 bits per heavy atom. The molecule has 1 aliphatic rings. The number of amides is 1. The third-order valence-corrected chi connectivity index (χ3v) is 3.31. The third kappa shape index (κ3) is 3.20. The van der Waals surface area contributed by atoms with Crippen molar-refractivity contribution >= 4 is 23.3 Å². The van der Waals surface area contributed by atoms with Crippen LogP contribution < -0.4 is 5.73 Å². The van der Waals surface area contributed by atoms with E-state index in [0.717, 1.165) is 5.56 Å². The first-order valence-corrected chi connectivity index (χ1v) is 6.54. The number of amidine groups is 1. The minimum atomic E-state index is -0.585. The van der Waals surface area contributed by atoms with Gasteiger partial charge in [0.05, 0.1) is 13.2 Å². The van der Waals surface area contributed by atoms with E-state index in [4.69, 9.17) is 27.3 Å². The number of halogens is 1. The second kappa shape index (κ2) is 6.11. The summed E-state index contributed by atoms with van der Waals surface area (Å²) in [6.45, 7) is 2.92. The summed E-state index contributed by atoms with van der Waals surface area (Å²) in [5.74, 6) is -0.181. The van der Waals surface area contributed by atoms with Gasteiger partial charge in [-0.3, -0.25) is 4.79 Å². The van der Waals surface area contributed by atoms with Gasteiger partial charge in [-0.15, -0.1) is 0 Å². The Balaban J connectivity index is 2.16. The van der Waals surface area contributed by atoms with Crippen molar-refractivity contribution in [2.75, 3.05) is 19.7 Å². The van der Waals surface area contributed by atoms with Gasteiger partial charge in [0.25, 0.3) is 5.91 Å². The smallest absolute Gasteiger partial charge is 0.254 e. The van der Waals surface area contributed by atoms with Crippen LogP contribution in [0.15, 0.2) is 23.4 Å². The normalized spacial score (nSPS) is 20.0. The molecule has 0 spiro atoms. The van der Waals surface area contributed by atoms with Crippen molar-refractivity contribution in [3.05, 3.63) is 34.3 Å². The SMILES string of the molecule is Cc1cc(Cl)cc(C(=O)N2CCOC(/C(N)=N/O)C2)c1. The van der Waals surface area contributed by atoms with Crippen LogP contribution in [0.3, 0.4) is 0 Å². The van der Waals surface area contributed by atoms with Crippen molar-refractivity contribution in [3.63, 3.8) is 0 Å². The number of aryl methyl sites for hydroxylation is 1. The number of morpholine rings is 1. The molecule has 0 bridgehead atoms. The molecule has 1 unspecified atom stereocenters. The Hall–Kier alpha value is -1.79. The lowest BCUT2D eigenvalue weighted by Crippen LogP contribution is -2.50. The minimum Gasteiger partial charge on any atom is -0.409 e. The fourth-order valence-electron chi connectivity index (χ4n) is 2.12. The third-order valence-electron chi connectivity index (χ3n) is 3.09. The van der Waals surface area contributed by atoms with E-state index in [9.17, 15) is 4.79 Å². The summed E-state index contributed by atoms with van der Waals surface area (Å²) in [5, 5.41) is 12.1. The van der Waals surface area contributed by atoms with Gasteiger partial charge in [-0.1, -0.05) is 16.8 Å². The van der Waals surface area contributed by atoms with Crippen LogP contribution in [0.2, 0.25) is 5.02 Å². The van der Waals surface area contributed by atoms with Crippen LogP contribution in [-0.2, 0) is 4.74 Å². The fourth-order valence-corrected chi connectivity index (χ4v) is 2.41. The van der Waals surface area contributed by atoms with Gasteiger partial charge < -0.3 is 20.6 Å². The van der Waals surface area contributed by atoms with E-state index in [1.807, 2.05) is 6.92 Å². The highest BCUT2D eigenvalue weighted by Crippen LogP contribution is 2.17. The number of nitrogens with zero attached hydrogens (tertiary/aromatic N) is 2. The monoisotopic (exact) mass is 297 g/mol. The Morgan fingerprint density at radius 2 is 2.30 bits per heavy atom. The van der Waals surface area contributed by atoms with Crippen molar-refractivity contribution in [2.45, 2.75) is 13.0 Å².